The average molecular weight is 638 g/mol. The summed E-state index contributed by atoms with van der Waals surface area (Å²) in [5.41, 5.74) is 9.86. The van der Waals surface area contributed by atoms with Crippen LogP contribution in [0.5, 0.6) is 0 Å². The summed E-state index contributed by atoms with van der Waals surface area (Å²) in [4.78, 5) is 15.0. The second-order valence-corrected chi connectivity index (χ2v) is 12.5. The molecule has 9 aromatic rings. The van der Waals surface area contributed by atoms with Gasteiger partial charge in [0, 0.05) is 16.7 Å². The summed E-state index contributed by atoms with van der Waals surface area (Å²) in [6.07, 6.45) is 0. The summed E-state index contributed by atoms with van der Waals surface area (Å²) in [5.74, 6) is 1.93. The van der Waals surface area contributed by atoms with Crippen molar-refractivity contribution >= 4 is 21.5 Å². The Labute approximate surface area is 291 Å². The first-order valence-corrected chi connectivity index (χ1v) is 16.9. The van der Waals surface area contributed by atoms with Crippen molar-refractivity contribution in [1.29, 1.82) is 0 Å². The maximum atomic E-state index is 5.05. The van der Waals surface area contributed by atoms with Crippen LogP contribution in [0.15, 0.2) is 188 Å². The molecule has 0 aliphatic rings. The molecule has 0 atom stereocenters. The van der Waals surface area contributed by atoms with Gasteiger partial charge in [-0.05, 0) is 61.0 Å². The molecule has 50 heavy (non-hydrogen) atoms. The van der Waals surface area contributed by atoms with Gasteiger partial charge in [0.2, 0.25) is 0 Å². The summed E-state index contributed by atoms with van der Waals surface area (Å²) in [6.45, 7) is 0. The monoisotopic (exact) mass is 637 g/mol. The fourth-order valence-electron chi connectivity index (χ4n) is 6.78. The highest BCUT2D eigenvalue weighted by Gasteiger charge is 2.14. The first-order chi connectivity index (χ1) is 24.8. The molecule has 1 aromatic heterocycles. The molecule has 0 N–H and O–H groups in total. The summed E-state index contributed by atoms with van der Waals surface area (Å²) >= 11 is 0. The third-order valence-corrected chi connectivity index (χ3v) is 9.35. The van der Waals surface area contributed by atoms with Gasteiger partial charge in [-0.25, -0.2) is 15.0 Å². The SMILES string of the molecule is c1ccc(-c2nc(-c3ccc(-c4cccc5ccccc45)cc3)nc(-c3cccc(-c4ccc(-c5cccc6ccccc56)cc4)c3)n2)cc1. The van der Waals surface area contributed by atoms with Gasteiger partial charge in [-0.1, -0.05) is 182 Å². The summed E-state index contributed by atoms with van der Waals surface area (Å²) in [6, 6.07) is 65.9. The molecule has 0 aliphatic carbocycles. The molecule has 0 unspecified atom stereocenters. The van der Waals surface area contributed by atoms with Crippen LogP contribution < -0.4 is 0 Å². The molecule has 0 saturated carbocycles. The zero-order valence-electron chi connectivity index (χ0n) is 27.2. The number of fused-ring (bicyclic) bond motifs is 2. The van der Waals surface area contributed by atoms with Crippen LogP contribution in [0, 0.1) is 0 Å². The Hall–Kier alpha value is -6.71. The lowest BCUT2D eigenvalue weighted by molar-refractivity contribution is 1.07. The Morgan fingerprint density at radius 1 is 0.240 bits per heavy atom. The summed E-state index contributed by atoms with van der Waals surface area (Å²) in [5, 5.41) is 4.97. The van der Waals surface area contributed by atoms with E-state index >= 15 is 0 Å². The van der Waals surface area contributed by atoms with Crippen molar-refractivity contribution in [3.8, 4) is 67.5 Å². The molecule has 0 saturated heterocycles. The van der Waals surface area contributed by atoms with Gasteiger partial charge < -0.3 is 0 Å². The summed E-state index contributed by atoms with van der Waals surface area (Å²) in [7, 11) is 0. The Morgan fingerprint density at radius 2 is 0.620 bits per heavy atom. The minimum Gasteiger partial charge on any atom is -0.208 e. The van der Waals surface area contributed by atoms with Crippen LogP contribution in [0.2, 0.25) is 0 Å². The van der Waals surface area contributed by atoms with E-state index in [9.17, 15) is 0 Å². The van der Waals surface area contributed by atoms with Crippen LogP contribution in [0.1, 0.15) is 0 Å². The van der Waals surface area contributed by atoms with Crippen LogP contribution in [-0.2, 0) is 0 Å². The van der Waals surface area contributed by atoms with Gasteiger partial charge in [0.1, 0.15) is 0 Å². The van der Waals surface area contributed by atoms with E-state index in [-0.39, 0.29) is 0 Å². The Bertz CT molecular complexity index is 2620. The molecule has 3 nitrogen and oxygen atoms in total. The molecular formula is C47H31N3. The first-order valence-electron chi connectivity index (χ1n) is 16.9. The fourth-order valence-corrected chi connectivity index (χ4v) is 6.78. The number of benzene rings is 8. The smallest absolute Gasteiger partial charge is 0.164 e. The van der Waals surface area contributed by atoms with E-state index in [2.05, 4.69) is 158 Å². The van der Waals surface area contributed by atoms with E-state index in [0.717, 1.165) is 33.4 Å². The summed E-state index contributed by atoms with van der Waals surface area (Å²) < 4.78 is 0. The van der Waals surface area contributed by atoms with Gasteiger partial charge in [0.15, 0.2) is 17.5 Å². The number of rotatable bonds is 6. The van der Waals surface area contributed by atoms with Gasteiger partial charge in [-0.3, -0.25) is 0 Å². The van der Waals surface area contributed by atoms with E-state index in [1.54, 1.807) is 0 Å². The lowest BCUT2D eigenvalue weighted by Gasteiger charge is -2.11. The second-order valence-electron chi connectivity index (χ2n) is 12.5. The van der Waals surface area contributed by atoms with Crippen LogP contribution in [-0.4, -0.2) is 15.0 Å². The molecule has 234 valence electrons. The van der Waals surface area contributed by atoms with E-state index in [1.165, 1.54) is 38.2 Å². The van der Waals surface area contributed by atoms with Crippen molar-refractivity contribution in [2.45, 2.75) is 0 Å². The van der Waals surface area contributed by atoms with E-state index in [4.69, 9.17) is 15.0 Å². The molecule has 8 aromatic carbocycles. The normalized spacial score (nSPS) is 11.2. The van der Waals surface area contributed by atoms with Crippen LogP contribution in [0.25, 0.3) is 89.1 Å². The van der Waals surface area contributed by atoms with Crippen molar-refractivity contribution in [1.82, 2.24) is 15.0 Å². The number of hydrogen-bond acceptors (Lipinski definition) is 3. The lowest BCUT2D eigenvalue weighted by atomic mass is 9.96. The first kappa shape index (κ1) is 29.4. The van der Waals surface area contributed by atoms with Crippen molar-refractivity contribution in [2.24, 2.45) is 0 Å². The van der Waals surface area contributed by atoms with E-state index in [1.807, 2.05) is 30.3 Å². The Morgan fingerprint density at radius 3 is 1.20 bits per heavy atom. The second kappa shape index (κ2) is 12.7. The maximum absolute atomic E-state index is 5.05. The number of aromatic nitrogens is 3. The van der Waals surface area contributed by atoms with Gasteiger partial charge in [0.25, 0.3) is 0 Å². The van der Waals surface area contributed by atoms with Crippen molar-refractivity contribution in [2.75, 3.05) is 0 Å². The van der Waals surface area contributed by atoms with Crippen LogP contribution in [0.3, 0.4) is 0 Å². The molecule has 9 rings (SSSR count). The van der Waals surface area contributed by atoms with Crippen LogP contribution in [0.4, 0.5) is 0 Å². The quantitative estimate of drug-likeness (QED) is 0.182. The molecule has 0 bridgehead atoms. The highest BCUT2D eigenvalue weighted by Crippen LogP contribution is 2.34. The Kier molecular flexibility index (Phi) is 7.49. The third kappa shape index (κ3) is 5.61. The zero-order chi connectivity index (χ0) is 33.3. The largest absolute Gasteiger partial charge is 0.208 e. The molecule has 0 amide bonds. The van der Waals surface area contributed by atoms with Crippen molar-refractivity contribution < 1.29 is 0 Å². The predicted octanol–water partition coefficient (Wildman–Crippen LogP) is 12.2. The molecule has 0 spiro atoms. The molecule has 1 heterocycles. The van der Waals surface area contributed by atoms with Crippen LogP contribution >= 0.6 is 0 Å². The van der Waals surface area contributed by atoms with Gasteiger partial charge >= 0.3 is 0 Å². The minimum absolute atomic E-state index is 0.640. The van der Waals surface area contributed by atoms with E-state index < -0.39 is 0 Å². The molecular weight excluding hydrogens is 607 g/mol. The molecule has 3 heteroatoms. The highest BCUT2D eigenvalue weighted by molar-refractivity contribution is 5.98. The number of hydrogen-bond donors (Lipinski definition) is 0. The average Bonchev–Trinajstić information content (AvgIpc) is 3.21. The minimum atomic E-state index is 0.640. The van der Waals surface area contributed by atoms with E-state index in [0.29, 0.717) is 17.5 Å². The van der Waals surface area contributed by atoms with Crippen molar-refractivity contribution in [3.63, 3.8) is 0 Å². The Balaban J connectivity index is 1.08. The zero-order valence-corrected chi connectivity index (χ0v) is 27.2. The van der Waals surface area contributed by atoms with Crippen molar-refractivity contribution in [3.05, 3.63) is 188 Å². The highest BCUT2D eigenvalue weighted by atomic mass is 15.0. The van der Waals surface area contributed by atoms with Gasteiger partial charge in [0.05, 0.1) is 0 Å². The standard InChI is InChI=1S/C47H31N3/c1-2-13-37(14-3-1)45-48-46(38-29-27-36(28-30-38)44-22-10-16-34-12-5-7-20-42(34)44)50-47(49-45)40-18-8-17-39(31-40)32-23-25-35(26-24-32)43-21-9-15-33-11-4-6-19-41(33)43/h1-31H. The molecule has 0 aliphatic heterocycles. The number of nitrogens with zero attached hydrogens (tertiary/aromatic N) is 3. The fraction of sp³-hybridized carbons (Fsp3) is 0. The predicted molar refractivity (Wildman–Crippen MR) is 207 cm³/mol. The third-order valence-electron chi connectivity index (χ3n) is 9.35. The topological polar surface area (TPSA) is 38.7 Å². The molecule has 0 fully saturated rings. The maximum Gasteiger partial charge on any atom is 0.164 e. The van der Waals surface area contributed by atoms with Gasteiger partial charge in [-0.2, -0.15) is 0 Å². The molecule has 0 radical (unpaired) electrons. The lowest BCUT2D eigenvalue weighted by Crippen LogP contribution is -2.00. The van der Waals surface area contributed by atoms with Gasteiger partial charge in [-0.15, -0.1) is 0 Å².